The zero-order chi connectivity index (χ0) is 38.0. The van der Waals surface area contributed by atoms with Gasteiger partial charge in [0, 0.05) is 30.8 Å². The lowest BCUT2D eigenvalue weighted by Gasteiger charge is -2.24. The molecule has 1 unspecified atom stereocenters. The van der Waals surface area contributed by atoms with Crippen LogP contribution < -0.4 is 44.2 Å². The van der Waals surface area contributed by atoms with Crippen molar-refractivity contribution >= 4 is 47.1 Å². The number of carboxylic acids is 1. The van der Waals surface area contributed by atoms with Crippen LogP contribution in [-0.4, -0.2) is 77.8 Å². The molecule has 0 aliphatic rings. The first-order chi connectivity index (χ1) is 23.3. The van der Waals surface area contributed by atoms with E-state index in [0.717, 1.165) is 0 Å². The molecule has 0 saturated heterocycles. The number of halogens is 3. The second-order valence-electron chi connectivity index (χ2n) is 10.7. The van der Waals surface area contributed by atoms with Crippen LogP contribution in [0.3, 0.4) is 0 Å². The van der Waals surface area contributed by atoms with Gasteiger partial charge in [0.2, 0.25) is 23.6 Å². The van der Waals surface area contributed by atoms with Gasteiger partial charge in [-0.2, -0.15) is 13.2 Å². The first kappa shape index (κ1) is 41.9. The largest absolute Gasteiger partial charge is 0.490 e. The van der Waals surface area contributed by atoms with Crippen LogP contribution >= 0.6 is 0 Å². The topological polar surface area (TPSA) is 305 Å². The number of nitrogens with two attached hydrogens (primary N) is 4. The van der Waals surface area contributed by atoms with Crippen molar-refractivity contribution in [3.05, 3.63) is 77.9 Å². The number of primary amides is 1. The van der Waals surface area contributed by atoms with Crippen molar-refractivity contribution < 1.29 is 42.3 Å². The van der Waals surface area contributed by atoms with E-state index in [4.69, 9.17) is 43.7 Å². The predicted molar refractivity (Wildman–Crippen MR) is 178 cm³/mol. The molecule has 0 aliphatic heterocycles. The first-order valence-corrected chi connectivity index (χ1v) is 14.8. The molecule has 0 aromatic heterocycles. The number of amides is 4. The fraction of sp³-hybridized carbons (Fsp3) is 0.323. The Hall–Kier alpha value is -6.14. The van der Waals surface area contributed by atoms with Gasteiger partial charge in [-0.05, 0) is 42.5 Å². The number of nitrogens with one attached hydrogen (secondary N) is 6. The van der Waals surface area contributed by atoms with Crippen LogP contribution in [0.5, 0.6) is 0 Å². The van der Waals surface area contributed by atoms with E-state index >= 15 is 0 Å². The number of carbonyl (C=O) groups excluding carboxylic acids is 4. The Morgan fingerprint density at radius 1 is 0.820 bits per heavy atom. The number of nitrogen functional groups attached to an aromatic ring is 2. The smallest absolute Gasteiger partial charge is 0.475 e. The molecular weight excluding hydrogens is 665 g/mol. The number of guanidine groups is 1. The van der Waals surface area contributed by atoms with Gasteiger partial charge in [0.15, 0.2) is 5.96 Å². The summed E-state index contributed by atoms with van der Waals surface area (Å²) >= 11 is 0. The SMILES string of the molecule is C=CCNC(=O)C(Cc1ccc(C(=N)N)cc1)C(=O)N[C@@H](Cc1ccc(N)cc1)C(=O)N[C@@H](CCCNC(=N)N)C(N)=O.O=C(O)C(F)(F)F. The Labute approximate surface area is 285 Å². The first-order valence-electron chi connectivity index (χ1n) is 14.8. The Kier molecular flexibility index (Phi) is 17.0. The van der Waals surface area contributed by atoms with Gasteiger partial charge < -0.3 is 49.3 Å². The number of carboxylic acid groups (broad SMARTS) is 1. The Morgan fingerprint density at radius 3 is 1.82 bits per heavy atom. The Bertz CT molecular complexity index is 1520. The van der Waals surface area contributed by atoms with Crippen molar-refractivity contribution in [2.45, 2.75) is 43.9 Å². The molecule has 50 heavy (non-hydrogen) atoms. The number of carbonyl (C=O) groups is 5. The van der Waals surface area contributed by atoms with Crippen LogP contribution in [0.15, 0.2) is 61.2 Å². The highest BCUT2D eigenvalue weighted by molar-refractivity contribution is 6.02. The molecular formula is C31H41F3N10O6. The van der Waals surface area contributed by atoms with Crippen molar-refractivity contribution in [1.29, 1.82) is 10.8 Å². The van der Waals surface area contributed by atoms with E-state index in [2.05, 4.69) is 27.8 Å². The summed E-state index contributed by atoms with van der Waals surface area (Å²) in [5, 5.41) is 32.4. The molecule has 19 heteroatoms. The molecule has 2 aromatic rings. The minimum atomic E-state index is -5.08. The number of rotatable bonds is 17. The van der Waals surface area contributed by atoms with E-state index < -0.39 is 53.8 Å². The third-order valence-corrected chi connectivity index (χ3v) is 6.70. The number of amidine groups is 1. The van der Waals surface area contributed by atoms with E-state index in [0.29, 0.717) is 28.8 Å². The molecule has 0 saturated carbocycles. The average molecular weight is 707 g/mol. The van der Waals surface area contributed by atoms with E-state index in [-0.39, 0.29) is 44.1 Å². The fourth-order valence-electron chi connectivity index (χ4n) is 4.11. The van der Waals surface area contributed by atoms with Crippen LogP contribution in [0.1, 0.15) is 29.5 Å². The summed E-state index contributed by atoms with van der Waals surface area (Å²) < 4.78 is 31.7. The maximum atomic E-state index is 13.6. The normalized spacial score (nSPS) is 12.4. The molecule has 0 bridgehead atoms. The standard InChI is InChI=1S/C29H40N10O4.C2HF3O2/c1-2-13-36-26(41)21(15-17-5-9-19(10-6-17)24(31)32)27(42)39-23(16-18-7-11-20(30)12-8-18)28(43)38-22(25(33)40)4-3-14-37-29(34)35;3-2(4,5)1(6)7/h2,5-12,21-23H,1,3-4,13-16,30H2,(H3,31,32)(H2,33,40)(H,36,41)(H,38,43)(H,39,42)(H4,34,35,37);(H,6,7)/t21?,22-,23-;/m0./s1. The summed E-state index contributed by atoms with van der Waals surface area (Å²) in [4.78, 5) is 61.1. The molecule has 0 heterocycles. The molecule has 272 valence electrons. The minimum Gasteiger partial charge on any atom is -0.475 e. The van der Waals surface area contributed by atoms with Crippen molar-refractivity contribution in [1.82, 2.24) is 21.3 Å². The quantitative estimate of drug-likeness (QED) is 0.0253. The van der Waals surface area contributed by atoms with Gasteiger partial charge in [0.05, 0.1) is 0 Å². The van der Waals surface area contributed by atoms with E-state index in [9.17, 15) is 32.3 Å². The van der Waals surface area contributed by atoms with Crippen molar-refractivity contribution in [3.8, 4) is 0 Å². The van der Waals surface area contributed by atoms with Gasteiger partial charge in [-0.1, -0.05) is 42.5 Å². The summed E-state index contributed by atoms with van der Waals surface area (Å²) in [5.41, 5.74) is 24.4. The van der Waals surface area contributed by atoms with Crippen LogP contribution in [-0.2, 0) is 36.8 Å². The lowest BCUT2D eigenvalue weighted by molar-refractivity contribution is -0.192. The summed E-state index contributed by atoms with van der Waals surface area (Å²) in [7, 11) is 0. The fourth-order valence-corrected chi connectivity index (χ4v) is 4.11. The second-order valence-corrected chi connectivity index (χ2v) is 10.7. The molecule has 2 aromatic carbocycles. The number of hydrogen-bond acceptors (Lipinski definition) is 8. The molecule has 0 spiro atoms. The number of anilines is 1. The van der Waals surface area contributed by atoms with Gasteiger partial charge in [0.25, 0.3) is 0 Å². The van der Waals surface area contributed by atoms with Crippen molar-refractivity contribution in [2.24, 2.45) is 23.1 Å². The monoisotopic (exact) mass is 706 g/mol. The van der Waals surface area contributed by atoms with Gasteiger partial charge in [-0.25, -0.2) is 4.79 Å². The molecule has 16 nitrogen and oxygen atoms in total. The van der Waals surface area contributed by atoms with Crippen LogP contribution in [0.2, 0.25) is 0 Å². The molecule has 0 aliphatic carbocycles. The summed E-state index contributed by atoms with van der Waals surface area (Å²) in [5.74, 6) is -7.07. The average Bonchev–Trinajstić information content (AvgIpc) is 3.04. The molecule has 0 fully saturated rings. The highest BCUT2D eigenvalue weighted by Gasteiger charge is 2.38. The van der Waals surface area contributed by atoms with E-state index in [1.165, 1.54) is 6.08 Å². The highest BCUT2D eigenvalue weighted by Crippen LogP contribution is 2.15. The second kappa shape index (κ2) is 20.3. The van der Waals surface area contributed by atoms with Crippen LogP contribution in [0, 0.1) is 16.7 Å². The van der Waals surface area contributed by atoms with Crippen molar-refractivity contribution in [3.63, 3.8) is 0 Å². The molecule has 2 rings (SSSR count). The lowest BCUT2D eigenvalue weighted by atomic mass is 9.95. The third kappa shape index (κ3) is 15.6. The van der Waals surface area contributed by atoms with Gasteiger partial charge in [-0.3, -0.25) is 30.0 Å². The summed E-state index contributed by atoms with van der Waals surface area (Å²) in [6.07, 6.45) is -3.05. The van der Waals surface area contributed by atoms with E-state index in [1.807, 2.05) is 0 Å². The maximum absolute atomic E-state index is 13.6. The summed E-state index contributed by atoms with van der Waals surface area (Å²) in [6, 6.07) is 11.0. The number of aliphatic carboxylic acids is 1. The van der Waals surface area contributed by atoms with Crippen LogP contribution in [0.25, 0.3) is 0 Å². The minimum absolute atomic E-state index is 0.00371. The maximum Gasteiger partial charge on any atom is 0.490 e. The molecule has 4 amide bonds. The Morgan fingerprint density at radius 2 is 1.34 bits per heavy atom. The van der Waals surface area contributed by atoms with Gasteiger partial charge in [0.1, 0.15) is 23.8 Å². The number of alkyl halides is 3. The summed E-state index contributed by atoms with van der Waals surface area (Å²) in [6.45, 7) is 3.99. The molecule has 3 atom stereocenters. The molecule has 0 radical (unpaired) electrons. The van der Waals surface area contributed by atoms with Crippen molar-refractivity contribution in [2.75, 3.05) is 18.8 Å². The lowest BCUT2D eigenvalue weighted by Crippen LogP contribution is -2.55. The number of benzene rings is 2. The third-order valence-electron chi connectivity index (χ3n) is 6.70. The predicted octanol–water partition coefficient (Wildman–Crippen LogP) is -0.392. The zero-order valence-corrected chi connectivity index (χ0v) is 26.8. The number of hydrogen-bond donors (Lipinski definition) is 11. The Balaban J connectivity index is 0.00000161. The van der Waals surface area contributed by atoms with Crippen LogP contribution in [0.4, 0.5) is 18.9 Å². The zero-order valence-electron chi connectivity index (χ0n) is 26.8. The molecule has 15 N–H and O–H groups in total. The van der Waals surface area contributed by atoms with Gasteiger partial charge >= 0.3 is 12.1 Å². The highest BCUT2D eigenvalue weighted by atomic mass is 19.4. The van der Waals surface area contributed by atoms with Gasteiger partial charge in [-0.15, -0.1) is 6.58 Å². The van der Waals surface area contributed by atoms with E-state index in [1.54, 1.807) is 48.5 Å².